The third kappa shape index (κ3) is 3.17. The monoisotopic (exact) mass is 292 g/mol. The van der Waals surface area contributed by atoms with Gasteiger partial charge in [-0.1, -0.05) is 18.2 Å². The highest BCUT2D eigenvalue weighted by Crippen LogP contribution is 2.21. The number of aromatic nitrogens is 2. The number of nitrogens with zero attached hydrogens (tertiary/aromatic N) is 1. The van der Waals surface area contributed by atoms with Gasteiger partial charge in [-0.2, -0.15) is 5.10 Å². The van der Waals surface area contributed by atoms with Crippen LogP contribution >= 0.6 is 0 Å². The van der Waals surface area contributed by atoms with E-state index in [1.165, 1.54) is 0 Å². The first-order chi connectivity index (χ1) is 10.7. The second-order valence-electron chi connectivity index (χ2n) is 4.86. The Kier molecular flexibility index (Phi) is 3.92. The number of methoxy groups -OCH3 is 1. The Labute approximate surface area is 128 Å². The molecule has 0 fully saturated rings. The van der Waals surface area contributed by atoms with Crippen molar-refractivity contribution in [3.05, 3.63) is 65.9 Å². The Morgan fingerprint density at radius 3 is 2.41 bits per heavy atom. The molecule has 0 saturated carbocycles. The van der Waals surface area contributed by atoms with E-state index in [-0.39, 0.29) is 5.75 Å². The van der Waals surface area contributed by atoms with E-state index in [4.69, 9.17) is 4.74 Å². The molecule has 0 aliphatic carbocycles. The summed E-state index contributed by atoms with van der Waals surface area (Å²) in [5.41, 5.74) is 3.80. The maximum absolute atomic E-state index is 9.31. The lowest BCUT2D eigenvalue weighted by Gasteiger charge is -1.98. The predicted octanol–water partition coefficient (Wildman–Crippen LogP) is 3.96. The number of phenols is 1. The van der Waals surface area contributed by atoms with Crippen LogP contribution in [0.2, 0.25) is 0 Å². The van der Waals surface area contributed by atoms with Gasteiger partial charge in [0.25, 0.3) is 0 Å². The zero-order valence-corrected chi connectivity index (χ0v) is 12.2. The molecule has 3 aromatic rings. The van der Waals surface area contributed by atoms with Gasteiger partial charge in [0.05, 0.1) is 18.5 Å². The highest BCUT2D eigenvalue weighted by molar-refractivity contribution is 5.71. The third-order valence-corrected chi connectivity index (χ3v) is 3.33. The lowest BCUT2D eigenvalue weighted by Crippen LogP contribution is -1.81. The van der Waals surface area contributed by atoms with Crippen molar-refractivity contribution in [1.82, 2.24) is 10.2 Å². The first-order valence-electron chi connectivity index (χ1n) is 6.91. The van der Waals surface area contributed by atoms with Crippen LogP contribution in [0.5, 0.6) is 11.5 Å². The molecule has 0 aliphatic heterocycles. The van der Waals surface area contributed by atoms with Gasteiger partial charge in [0, 0.05) is 5.56 Å². The standard InChI is InChI=1S/C18H16N2O2/c1-22-17-10-3-13(4-11-17)2-7-15-12-18(20-19-15)14-5-8-16(21)9-6-14/h2-12,21H,1H3,(H,19,20)/b7-2+. The predicted molar refractivity (Wildman–Crippen MR) is 87.6 cm³/mol. The highest BCUT2D eigenvalue weighted by atomic mass is 16.5. The normalized spacial score (nSPS) is 11.0. The molecule has 0 unspecified atom stereocenters. The number of hydrogen-bond donors (Lipinski definition) is 2. The molecule has 2 aromatic carbocycles. The Morgan fingerprint density at radius 2 is 1.73 bits per heavy atom. The fourth-order valence-electron chi connectivity index (χ4n) is 2.10. The molecular weight excluding hydrogens is 276 g/mol. The zero-order chi connectivity index (χ0) is 15.4. The van der Waals surface area contributed by atoms with Crippen LogP contribution in [0.25, 0.3) is 23.4 Å². The molecule has 0 aliphatic rings. The van der Waals surface area contributed by atoms with Gasteiger partial charge in [0.15, 0.2) is 0 Å². The highest BCUT2D eigenvalue weighted by Gasteiger charge is 2.02. The molecular formula is C18H16N2O2. The van der Waals surface area contributed by atoms with E-state index < -0.39 is 0 Å². The second kappa shape index (κ2) is 6.18. The van der Waals surface area contributed by atoms with E-state index >= 15 is 0 Å². The average Bonchev–Trinajstić information content (AvgIpc) is 3.03. The number of phenolic OH excluding ortho intramolecular Hbond substituents is 1. The van der Waals surface area contributed by atoms with Crippen LogP contribution in [-0.2, 0) is 0 Å². The minimum Gasteiger partial charge on any atom is -0.508 e. The summed E-state index contributed by atoms with van der Waals surface area (Å²) in [6, 6.07) is 16.8. The van der Waals surface area contributed by atoms with Gasteiger partial charge in [-0.15, -0.1) is 0 Å². The van der Waals surface area contributed by atoms with Crippen LogP contribution in [0.15, 0.2) is 54.6 Å². The molecule has 0 atom stereocenters. The summed E-state index contributed by atoms with van der Waals surface area (Å²) >= 11 is 0. The van der Waals surface area contributed by atoms with Crippen molar-refractivity contribution in [3.8, 4) is 22.8 Å². The van der Waals surface area contributed by atoms with Crippen molar-refractivity contribution < 1.29 is 9.84 Å². The van der Waals surface area contributed by atoms with E-state index in [2.05, 4.69) is 10.2 Å². The second-order valence-corrected chi connectivity index (χ2v) is 4.86. The first kappa shape index (κ1) is 13.9. The summed E-state index contributed by atoms with van der Waals surface area (Å²) in [5.74, 6) is 1.09. The molecule has 1 aromatic heterocycles. The smallest absolute Gasteiger partial charge is 0.118 e. The molecule has 3 rings (SSSR count). The molecule has 22 heavy (non-hydrogen) atoms. The number of aromatic hydroxyl groups is 1. The lowest BCUT2D eigenvalue weighted by atomic mass is 10.1. The summed E-state index contributed by atoms with van der Waals surface area (Å²) in [6.07, 6.45) is 3.98. The van der Waals surface area contributed by atoms with Crippen molar-refractivity contribution in [2.24, 2.45) is 0 Å². The van der Waals surface area contributed by atoms with E-state index in [0.29, 0.717) is 0 Å². The van der Waals surface area contributed by atoms with Crippen LogP contribution in [-0.4, -0.2) is 22.4 Å². The Morgan fingerprint density at radius 1 is 1.00 bits per heavy atom. The SMILES string of the molecule is COc1ccc(/C=C/c2cc(-c3ccc(O)cc3)n[nH]2)cc1. The van der Waals surface area contributed by atoms with Crippen molar-refractivity contribution in [2.45, 2.75) is 0 Å². The van der Waals surface area contributed by atoms with Gasteiger partial charge in [0.2, 0.25) is 0 Å². The number of rotatable bonds is 4. The molecule has 4 nitrogen and oxygen atoms in total. The Bertz CT molecular complexity index is 772. The van der Waals surface area contributed by atoms with E-state index in [0.717, 1.165) is 28.3 Å². The summed E-state index contributed by atoms with van der Waals surface area (Å²) in [4.78, 5) is 0. The molecule has 1 heterocycles. The van der Waals surface area contributed by atoms with Crippen LogP contribution in [0, 0.1) is 0 Å². The van der Waals surface area contributed by atoms with Gasteiger partial charge in [0.1, 0.15) is 11.5 Å². The van der Waals surface area contributed by atoms with Crippen LogP contribution in [0.1, 0.15) is 11.3 Å². The van der Waals surface area contributed by atoms with Crippen molar-refractivity contribution in [3.63, 3.8) is 0 Å². The van der Waals surface area contributed by atoms with Gasteiger partial charge < -0.3 is 9.84 Å². The molecule has 4 heteroatoms. The van der Waals surface area contributed by atoms with Crippen LogP contribution in [0.4, 0.5) is 0 Å². The van der Waals surface area contributed by atoms with Crippen LogP contribution < -0.4 is 4.74 Å². The minimum atomic E-state index is 0.249. The zero-order valence-electron chi connectivity index (χ0n) is 12.2. The van der Waals surface area contributed by atoms with Gasteiger partial charge >= 0.3 is 0 Å². The number of ether oxygens (including phenoxy) is 1. The maximum atomic E-state index is 9.31. The quantitative estimate of drug-likeness (QED) is 0.765. The van der Waals surface area contributed by atoms with Gasteiger partial charge in [-0.3, -0.25) is 5.10 Å². The number of H-pyrrole nitrogens is 1. The molecule has 2 N–H and O–H groups in total. The molecule has 0 amide bonds. The van der Waals surface area contributed by atoms with Gasteiger partial charge in [-0.05, 0) is 54.1 Å². The summed E-state index contributed by atoms with van der Waals surface area (Å²) in [6.45, 7) is 0. The van der Waals surface area contributed by atoms with E-state index in [1.54, 1.807) is 19.2 Å². The van der Waals surface area contributed by atoms with E-state index in [1.807, 2.05) is 54.6 Å². The van der Waals surface area contributed by atoms with E-state index in [9.17, 15) is 5.11 Å². The molecule has 0 spiro atoms. The molecule has 0 saturated heterocycles. The van der Waals surface area contributed by atoms with Crippen molar-refractivity contribution in [1.29, 1.82) is 0 Å². The van der Waals surface area contributed by atoms with Gasteiger partial charge in [-0.25, -0.2) is 0 Å². The largest absolute Gasteiger partial charge is 0.508 e. The lowest BCUT2D eigenvalue weighted by molar-refractivity contribution is 0.415. The Hall–Kier alpha value is -3.01. The maximum Gasteiger partial charge on any atom is 0.118 e. The topological polar surface area (TPSA) is 58.1 Å². The number of aromatic amines is 1. The number of nitrogens with one attached hydrogen (secondary N) is 1. The Balaban J connectivity index is 1.75. The summed E-state index contributed by atoms with van der Waals surface area (Å²) < 4.78 is 5.13. The summed E-state index contributed by atoms with van der Waals surface area (Å²) in [7, 11) is 1.65. The molecule has 110 valence electrons. The molecule has 0 bridgehead atoms. The van der Waals surface area contributed by atoms with Crippen LogP contribution in [0.3, 0.4) is 0 Å². The third-order valence-electron chi connectivity index (χ3n) is 3.33. The number of hydrogen-bond acceptors (Lipinski definition) is 3. The average molecular weight is 292 g/mol. The van der Waals surface area contributed by atoms with Crippen molar-refractivity contribution >= 4 is 12.2 Å². The van der Waals surface area contributed by atoms with Crippen molar-refractivity contribution in [2.75, 3.05) is 7.11 Å². The fraction of sp³-hybridized carbons (Fsp3) is 0.0556. The minimum absolute atomic E-state index is 0.249. The molecule has 0 radical (unpaired) electrons. The number of benzene rings is 2. The summed E-state index contributed by atoms with van der Waals surface area (Å²) in [5, 5.41) is 16.6. The first-order valence-corrected chi connectivity index (χ1v) is 6.91. The fourth-order valence-corrected chi connectivity index (χ4v) is 2.10.